The quantitative estimate of drug-likeness (QED) is 0.876. The van der Waals surface area contributed by atoms with Gasteiger partial charge in [0, 0.05) is 23.7 Å². The van der Waals surface area contributed by atoms with E-state index >= 15 is 0 Å². The van der Waals surface area contributed by atoms with Gasteiger partial charge in [-0.3, -0.25) is 9.59 Å². The molecule has 0 radical (unpaired) electrons. The molecule has 0 saturated carbocycles. The number of aliphatic carboxylic acids is 1. The highest BCUT2D eigenvalue weighted by Gasteiger charge is 2.31. The fourth-order valence-corrected chi connectivity index (χ4v) is 2.05. The summed E-state index contributed by atoms with van der Waals surface area (Å²) < 4.78 is 0. The Morgan fingerprint density at radius 3 is 2.47 bits per heavy atom. The number of hydrogen-bond acceptors (Lipinski definition) is 2. The van der Waals surface area contributed by atoms with Crippen LogP contribution in [0.4, 0.5) is 0 Å². The molecule has 2 rings (SSSR count). The Labute approximate surface area is 104 Å². The van der Waals surface area contributed by atoms with Crippen LogP contribution in [-0.2, 0) is 4.79 Å². The van der Waals surface area contributed by atoms with Crippen LogP contribution in [0, 0.1) is 5.92 Å². The number of likely N-dealkylation sites (tertiary alicyclic amines) is 1. The van der Waals surface area contributed by atoms with Gasteiger partial charge in [0.2, 0.25) is 0 Å². The van der Waals surface area contributed by atoms with Gasteiger partial charge in [-0.25, -0.2) is 0 Å². The van der Waals surface area contributed by atoms with Crippen LogP contribution < -0.4 is 0 Å². The maximum absolute atomic E-state index is 12.0. The number of hydrogen-bond donors (Lipinski definition) is 1. The van der Waals surface area contributed by atoms with Crippen molar-refractivity contribution in [2.75, 3.05) is 13.1 Å². The average Bonchev–Trinajstić information content (AvgIpc) is 2.78. The number of carbonyl (C=O) groups excluding carboxylic acids is 1. The Balaban J connectivity index is 2.07. The zero-order valence-electron chi connectivity index (χ0n) is 9.10. The van der Waals surface area contributed by atoms with Gasteiger partial charge in [-0.1, -0.05) is 11.6 Å². The van der Waals surface area contributed by atoms with E-state index in [1.54, 1.807) is 29.2 Å². The van der Waals surface area contributed by atoms with Crippen LogP contribution in [0.1, 0.15) is 16.8 Å². The van der Waals surface area contributed by atoms with E-state index in [4.69, 9.17) is 16.7 Å². The van der Waals surface area contributed by atoms with Crippen molar-refractivity contribution in [3.8, 4) is 0 Å². The Bertz CT molecular complexity index is 444. The molecular formula is C12H12ClNO3. The summed E-state index contributed by atoms with van der Waals surface area (Å²) in [6.45, 7) is 0.787. The minimum atomic E-state index is -0.837. The number of rotatable bonds is 2. The zero-order chi connectivity index (χ0) is 12.4. The first-order valence-corrected chi connectivity index (χ1v) is 5.73. The summed E-state index contributed by atoms with van der Waals surface area (Å²) in [5.74, 6) is -1.41. The second-order valence-electron chi connectivity index (χ2n) is 4.08. The van der Waals surface area contributed by atoms with E-state index in [1.165, 1.54) is 0 Å². The molecule has 1 aromatic rings. The predicted octanol–water partition coefficient (Wildman–Crippen LogP) is 1.89. The van der Waals surface area contributed by atoms with Gasteiger partial charge < -0.3 is 10.0 Å². The van der Waals surface area contributed by atoms with Crippen molar-refractivity contribution in [3.05, 3.63) is 34.9 Å². The van der Waals surface area contributed by atoms with Crippen LogP contribution in [0.15, 0.2) is 24.3 Å². The van der Waals surface area contributed by atoms with Crippen molar-refractivity contribution in [2.24, 2.45) is 5.92 Å². The molecule has 1 saturated heterocycles. The topological polar surface area (TPSA) is 57.6 Å². The number of halogens is 1. The van der Waals surface area contributed by atoms with E-state index in [2.05, 4.69) is 0 Å². The molecule has 0 spiro atoms. The second kappa shape index (κ2) is 4.75. The molecule has 1 fully saturated rings. The summed E-state index contributed by atoms with van der Waals surface area (Å²) >= 11 is 5.74. The standard InChI is InChI=1S/C12H12ClNO3/c13-10-3-1-8(2-4-10)11(15)14-6-5-9(7-14)12(16)17/h1-4,9H,5-7H2,(H,16,17)/t9-/m1/s1. The third-order valence-electron chi connectivity index (χ3n) is 2.92. The number of carboxylic acid groups (broad SMARTS) is 1. The molecule has 1 aliphatic rings. The molecule has 1 aliphatic heterocycles. The Kier molecular flexibility index (Phi) is 3.33. The number of carboxylic acids is 1. The van der Waals surface area contributed by atoms with Crippen molar-refractivity contribution in [1.29, 1.82) is 0 Å². The molecule has 1 atom stereocenters. The molecule has 0 aliphatic carbocycles. The van der Waals surface area contributed by atoms with E-state index in [0.29, 0.717) is 23.6 Å². The van der Waals surface area contributed by atoms with E-state index in [-0.39, 0.29) is 12.5 Å². The highest BCUT2D eigenvalue weighted by molar-refractivity contribution is 6.30. The lowest BCUT2D eigenvalue weighted by molar-refractivity contribution is -0.141. The van der Waals surface area contributed by atoms with Crippen LogP contribution in [0.25, 0.3) is 0 Å². The number of carbonyl (C=O) groups is 2. The highest BCUT2D eigenvalue weighted by atomic mass is 35.5. The first kappa shape index (κ1) is 11.9. The van der Waals surface area contributed by atoms with E-state index in [9.17, 15) is 9.59 Å². The Morgan fingerprint density at radius 1 is 1.29 bits per heavy atom. The largest absolute Gasteiger partial charge is 0.481 e. The molecule has 0 bridgehead atoms. The van der Waals surface area contributed by atoms with Crippen LogP contribution in [0.3, 0.4) is 0 Å². The molecule has 0 aromatic heterocycles. The molecule has 1 N–H and O–H groups in total. The van der Waals surface area contributed by atoms with E-state index in [0.717, 1.165) is 0 Å². The average molecular weight is 254 g/mol. The number of amides is 1. The van der Waals surface area contributed by atoms with Crippen molar-refractivity contribution < 1.29 is 14.7 Å². The van der Waals surface area contributed by atoms with Crippen molar-refractivity contribution in [2.45, 2.75) is 6.42 Å². The summed E-state index contributed by atoms with van der Waals surface area (Å²) in [4.78, 5) is 24.4. The molecule has 1 aromatic carbocycles. The third-order valence-corrected chi connectivity index (χ3v) is 3.17. The molecule has 1 heterocycles. The SMILES string of the molecule is O=C(O)[C@@H]1CCN(C(=O)c2ccc(Cl)cc2)C1. The van der Waals surface area contributed by atoms with Crippen LogP contribution in [0.2, 0.25) is 5.02 Å². The number of benzene rings is 1. The fourth-order valence-electron chi connectivity index (χ4n) is 1.92. The lowest BCUT2D eigenvalue weighted by Crippen LogP contribution is -2.29. The maximum atomic E-state index is 12.0. The Hall–Kier alpha value is -1.55. The van der Waals surface area contributed by atoms with Gasteiger partial charge in [0.15, 0.2) is 0 Å². The molecule has 17 heavy (non-hydrogen) atoms. The molecule has 5 heteroatoms. The van der Waals surface area contributed by atoms with Gasteiger partial charge in [-0.05, 0) is 30.7 Å². The van der Waals surface area contributed by atoms with Crippen LogP contribution >= 0.6 is 11.6 Å². The summed E-state index contributed by atoms with van der Waals surface area (Å²) in [5.41, 5.74) is 0.542. The minimum Gasteiger partial charge on any atom is -0.481 e. The molecular weight excluding hydrogens is 242 g/mol. The summed E-state index contributed by atoms with van der Waals surface area (Å²) in [7, 11) is 0. The minimum absolute atomic E-state index is 0.134. The first-order valence-electron chi connectivity index (χ1n) is 5.35. The van der Waals surface area contributed by atoms with Gasteiger partial charge in [-0.2, -0.15) is 0 Å². The maximum Gasteiger partial charge on any atom is 0.308 e. The summed E-state index contributed by atoms with van der Waals surface area (Å²) in [5, 5.41) is 9.44. The first-order chi connectivity index (χ1) is 8.08. The lowest BCUT2D eigenvalue weighted by atomic mass is 10.1. The Morgan fingerprint density at radius 2 is 1.94 bits per heavy atom. The summed E-state index contributed by atoms with van der Waals surface area (Å²) in [6, 6.07) is 6.61. The molecule has 1 amide bonds. The normalized spacial score (nSPS) is 19.4. The van der Waals surface area contributed by atoms with Crippen molar-refractivity contribution >= 4 is 23.5 Å². The summed E-state index contributed by atoms with van der Waals surface area (Å²) in [6.07, 6.45) is 0.522. The second-order valence-corrected chi connectivity index (χ2v) is 4.52. The molecule has 4 nitrogen and oxygen atoms in total. The fraction of sp³-hybridized carbons (Fsp3) is 0.333. The number of nitrogens with zero attached hydrogens (tertiary/aromatic N) is 1. The zero-order valence-corrected chi connectivity index (χ0v) is 9.85. The predicted molar refractivity (Wildman–Crippen MR) is 63.1 cm³/mol. The van der Waals surface area contributed by atoms with Gasteiger partial charge in [0.25, 0.3) is 5.91 Å². The molecule has 0 unspecified atom stereocenters. The van der Waals surface area contributed by atoms with Gasteiger partial charge in [0.1, 0.15) is 0 Å². The monoisotopic (exact) mass is 253 g/mol. The van der Waals surface area contributed by atoms with Crippen LogP contribution in [0.5, 0.6) is 0 Å². The molecule has 90 valence electrons. The smallest absolute Gasteiger partial charge is 0.308 e. The highest BCUT2D eigenvalue weighted by Crippen LogP contribution is 2.19. The van der Waals surface area contributed by atoms with Crippen LogP contribution in [-0.4, -0.2) is 35.0 Å². The van der Waals surface area contributed by atoms with Gasteiger partial charge in [-0.15, -0.1) is 0 Å². The third kappa shape index (κ3) is 2.58. The van der Waals surface area contributed by atoms with Gasteiger partial charge in [0.05, 0.1) is 5.92 Å². The van der Waals surface area contributed by atoms with E-state index in [1.807, 2.05) is 0 Å². The van der Waals surface area contributed by atoms with Crippen molar-refractivity contribution in [1.82, 2.24) is 4.90 Å². The lowest BCUT2D eigenvalue weighted by Gasteiger charge is -2.15. The van der Waals surface area contributed by atoms with E-state index < -0.39 is 11.9 Å². The van der Waals surface area contributed by atoms with Gasteiger partial charge >= 0.3 is 5.97 Å². The van der Waals surface area contributed by atoms with Crippen molar-refractivity contribution in [3.63, 3.8) is 0 Å².